The molecule has 2 aromatic rings. The van der Waals surface area contributed by atoms with Crippen molar-refractivity contribution in [2.24, 2.45) is 0 Å². The van der Waals surface area contributed by atoms with E-state index in [0.717, 1.165) is 28.3 Å². The molecule has 3 heterocycles. The lowest BCUT2D eigenvalue weighted by molar-refractivity contribution is -0.137. The largest absolute Gasteiger partial charge is 0.471 e. The van der Waals surface area contributed by atoms with Gasteiger partial charge in [0.05, 0.1) is 30.8 Å². The maximum atomic E-state index is 12.6. The standard InChI is InChI=1S/C20H22F3N5O4S/c1-33(30,31)27-6-7-28(19(29)13-27)17-8-25-18(9-24-17)32-16-11-26(12-16)10-14-2-4-15(5-3-14)20(21,22)23/h2-5,8-9,16H,6-7,10-13H2,1H3. The van der Waals surface area contributed by atoms with E-state index in [0.29, 0.717) is 31.3 Å². The first-order valence-corrected chi connectivity index (χ1v) is 12.0. The second kappa shape index (κ2) is 8.88. The van der Waals surface area contributed by atoms with Gasteiger partial charge in [-0.15, -0.1) is 0 Å². The van der Waals surface area contributed by atoms with E-state index in [1.165, 1.54) is 29.4 Å². The molecule has 0 bridgehead atoms. The van der Waals surface area contributed by atoms with E-state index in [4.69, 9.17) is 4.74 Å². The molecule has 33 heavy (non-hydrogen) atoms. The first kappa shape index (κ1) is 23.4. The molecule has 2 saturated heterocycles. The highest BCUT2D eigenvalue weighted by Gasteiger charge is 2.32. The number of hydrogen-bond donors (Lipinski definition) is 0. The minimum Gasteiger partial charge on any atom is -0.471 e. The number of ether oxygens (including phenoxy) is 1. The molecule has 0 radical (unpaired) electrons. The zero-order valence-corrected chi connectivity index (χ0v) is 18.5. The lowest BCUT2D eigenvalue weighted by Crippen LogP contribution is -2.53. The third kappa shape index (κ3) is 5.60. The van der Waals surface area contributed by atoms with E-state index in [2.05, 4.69) is 9.97 Å². The summed E-state index contributed by atoms with van der Waals surface area (Å²) in [6, 6.07) is 5.09. The molecule has 2 aliphatic rings. The molecule has 9 nitrogen and oxygen atoms in total. The predicted octanol–water partition coefficient (Wildman–Crippen LogP) is 1.37. The number of benzene rings is 1. The fourth-order valence-electron chi connectivity index (χ4n) is 3.64. The van der Waals surface area contributed by atoms with Crippen LogP contribution < -0.4 is 9.64 Å². The van der Waals surface area contributed by atoms with Crippen LogP contribution in [0.2, 0.25) is 0 Å². The Morgan fingerprint density at radius 3 is 2.33 bits per heavy atom. The van der Waals surface area contributed by atoms with Crippen LogP contribution in [0.5, 0.6) is 5.88 Å². The van der Waals surface area contributed by atoms with E-state index in [9.17, 15) is 26.4 Å². The first-order valence-electron chi connectivity index (χ1n) is 10.1. The molecule has 2 aliphatic heterocycles. The van der Waals surface area contributed by atoms with Gasteiger partial charge >= 0.3 is 6.18 Å². The Bertz CT molecular complexity index is 1100. The number of carbonyl (C=O) groups is 1. The Labute approximate surface area is 188 Å². The van der Waals surface area contributed by atoms with Crippen molar-refractivity contribution in [2.45, 2.75) is 18.8 Å². The van der Waals surface area contributed by atoms with Crippen molar-refractivity contribution in [3.8, 4) is 5.88 Å². The van der Waals surface area contributed by atoms with E-state index < -0.39 is 21.8 Å². The minimum absolute atomic E-state index is 0.125. The van der Waals surface area contributed by atoms with Crippen LogP contribution in [0.15, 0.2) is 36.7 Å². The van der Waals surface area contributed by atoms with Crippen molar-refractivity contribution in [2.75, 3.05) is 43.9 Å². The van der Waals surface area contributed by atoms with Gasteiger partial charge < -0.3 is 4.74 Å². The highest BCUT2D eigenvalue weighted by Crippen LogP contribution is 2.29. The van der Waals surface area contributed by atoms with Gasteiger partial charge in [-0.1, -0.05) is 12.1 Å². The summed E-state index contributed by atoms with van der Waals surface area (Å²) in [6.07, 6.45) is -0.596. The molecule has 13 heteroatoms. The third-order valence-corrected chi connectivity index (χ3v) is 6.69. The number of amides is 1. The van der Waals surface area contributed by atoms with Gasteiger partial charge in [0.25, 0.3) is 0 Å². The minimum atomic E-state index is -4.34. The van der Waals surface area contributed by atoms with Gasteiger partial charge in [-0.3, -0.25) is 14.6 Å². The SMILES string of the molecule is CS(=O)(=O)N1CCN(c2cnc(OC3CN(Cc4ccc(C(F)(F)F)cc4)C3)cn2)C(=O)C1. The van der Waals surface area contributed by atoms with Crippen LogP contribution in [0.3, 0.4) is 0 Å². The lowest BCUT2D eigenvalue weighted by Gasteiger charge is -2.38. The first-order chi connectivity index (χ1) is 15.5. The van der Waals surface area contributed by atoms with E-state index in [1.807, 2.05) is 4.90 Å². The quantitative estimate of drug-likeness (QED) is 0.610. The molecule has 0 saturated carbocycles. The zero-order valence-electron chi connectivity index (χ0n) is 17.7. The van der Waals surface area contributed by atoms with Crippen molar-refractivity contribution >= 4 is 21.7 Å². The number of hydrogen-bond acceptors (Lipinski definition) is 7. The maximum absolute atomic E-state index is 12.6. The highest BCUT2D eigenvalue weighted by atomic mass is 32.2. The molecule has 0 N–H and O–H groups in total. The van der Waals surface area contributed by atoms with E-state index in [-0.39, 0.29) is 31.6 Å². The fourth-order valence-corrected chi connectivity index (χ4v) is 4.40. The average Bonchev–Trinajstić information content (AvgIpc) is 2.72. The Morgan fingerprint density at radius 2 is 1.79 bits per heavy atom. The smallest absolute Gasteiger partial charge is 0.416 e. The number of anilines is 1. The van der Waals surface area contributed by atoms with Crippen molar-refractivity contribution < 1.29 is 31.1 Å². The normalized spacial score (nSPS) is 18.9. The topological polar surface area (TPSA) is 95.9 Å². The van der Waals surface area contributed by atoms with Crippen LogP contribution in [0.4, 0.5) is 19.0 Å². The number of alkyl halides is 3. The number of nitrogens with zero attached hydrogens (tertiary/aromatic N) is 5. The van der Waals surface area contributed by atoms with Gasteiger partial charge in [0, 0.05) is 32.7 Å². The molecule has 2 fully saturated rings. The summed E-state index contributed by atoms with van der Waals surface area (Å²) in [5.74, 6) is 0.228. The van der Waals surface area contributed by atoms with Crippen molar-refractivity contribution in [3.63, 3.8) is 0 Å². The van der Waals surface area contributed by atoms with Crippen LogP contribution in [0.1, 0.15) is 11.1 Å². The van der Waals surface area contributed by atoms with Gasteiger partial charge in [-0.25, -0.2) is 18.4 Å². The summed E-state index contributed by atoms with van der Waals surface area (Å²) in [6.45, 7) is 1.83. The van der Waals surface area contributed by atoms with Gasteiger partial charge in [-0.2, -0.15) is 17.5 Å². The van der Waals surface area contributed by atoms with Crippen molar-refractivity contribution in [3.05, 3.63) is 47.8 Å². The third-order valence-electron chi connectivity index (χ3n) is 5.44. The molecular formula is C20H22F3N5O4S. The number of aromatic nitrogens is 2. The van der Waals surface area contributed by atoms with Crippen LogP contribution >= 0.6 is 0 Å². The summed E-state index contributed by atoms with van der Waals surface area (Å²) >= 11 is 0. The Balaban J connectivity index is 1.25. The van der Waals surface area contributed by atoms with Gasteiger partial charge in [0.2, 0.25) is 21.8 Å². The summed E-state index contributed by atoms with van der Waals surface area (Å²) in [5, 5.41) is 0. The maximum Gasteiger partial charge on any atom is 0.416 e. The number of halogens is 3. The molecule has 0 atom stereocenters. The summed E-state index contributed by atoms with van der Waals surface area (Å²) in [4.78, 5) is 24.1. The van der Waals surface area contributed by atoms with Crippen molar-refractivity contribution in [1.29, 1.82) is 0 Å². The zero-order chi connectivity index (χ0) is 23.8. The van der Waals surface area contributed by atoms with Crippen LogP contribution in [0.25, 0.3) is 0 Å². The Kier molecular flexibility index (Phi) is 6.29. The molecular weight excluding hydrogens is 463 g/mol. The van der Waals surface area contributed by atoms with Crippen LogP contribution in [-0.4, -0.2) is 78.6 Å². The Morgan fingerprint density at radius 1 is 1.09 bits per heavy atom. The highest BCUT2D eigenvalue weighted by molar-refractivity contribution is 7.88. The van der Waals surface area contributed by atoms with Crippen molar-refractivity contribution in [1.82, 2.24) is 19.2 Å². The van der Waals surface area contributed by atoms with Crippen LogP contribution in [-0.2, 0) is 27.5 Å². The van der Waals surface area contributed by atoms with Crippen LogP contribution in [0, 0.1) is 0 Å². The number of rotatable bonds is 6. The second-order valence-corrected chi connectivity index (χ2v) is 9.97. The molecule has 1 amide bonds. The summed E-state index contributed by atoms with van der Waals surface area (Å²) < 4.78 is 68.0. The molecule has 0 aliphatic carbocycles. The molecule has 1 aromatic carbocycles. The molecule has 178 valence electrons. The molecule has 4 rings (SSSR count). The number of carbonyl (C=O) groups excluding carboxylic acids is 1. The predicted molar refractivity (Wildman–Crippen MR) is 112 cm³/mol. The molecule has 1 aromatic heterocycles. The lowest BCUT2D eigenvalue weighted by atomic mass is 10.1. The van der Waals surface area contributed by atoms with E-state index in [1.54, 1.807) is 0 Å². The van der Waals surface area contributed by atoms with Gasteiger partial charge in [0.1, 0.15) is 6.10 Å². The summed E-state index contributed by atoms with van der Waals surface area (Å²) in [5.41, 5.74) is 0.114. The number of piperazine rings is 1. The Hall–Kier alpha value is -2.77. The molecule has 0 unspecified atom stereocenters. The monoisotopic (exact) mass is 485 g/mol. The number of likely N-dealkylation sites (tertiary alicyclic amines) is 1. The fraction of sp³-hybridized carbons (Fsp3) is 0.450. The average molecular weight is 485 g/mol. The summed E-state index contributed by atoms with van der Waals surface area (Å²) in [7, 11) is -3.43. The second-order valence-electron chi connectivity index (χ2n) is 7.98. The number of sulfonamides is 1. The van der Waals surface area contributed by atoms with Gasteiger partial charge in [-0.05, 0) is 17.7 Å². The van der Waals surface area contributed by atoms with Gasteiger partial charge in [0.15, 0.2) is 5.82 Å². The molecule has 0 spiro atoms. The van der Waals surface area contributed by atoms with E-state index >= 15 is 0 Å².